The number of hydrogen-bond acceptors (Lipinski definition) is 3. The van der Waals surface area contributed by atoms with Crippen molar-refractivity contribution < 1.29 is 18.3 Å². The van der Waals surface area contributed by atoms with Crippen molar-refractivity contribution in [1.29, 1.82) is 0 Å². The summed E-state index contributed by atoms with van der Waals surface area (Å²) >= 11 is 0. The molecule has 0 amide bonds. The summed E-state index contributed by atoms with van der Waals surface area (Å²) in [6.07, 6.45) is 2.05. The highest BCUT2D eigenvalue weighted by Gasteiger charge is 2.50. The van der Waals surface area contributed by atoms with E-state index < -0.39 is 17.8 Å². The van der Waals surface area contributed by atoms with Crippen LogP contribution in [0.1, 0.15) is 18.1 Å². The van der Waals surface area contributed by atoms with Gasteiger partial charge in [-0.2, -0.15) is 8.78 Å². The minimum Gasteiger partial charge on any atom is -0.462 e. The van der Waals surface area contributed by atoms with Gasteiger partial charge in [0.15, 0.2) is 0 Å². The van der Waals surface area contributed by atoms with Crippen LogP contribution in [0, 0.1) is 5.92 Å². The smallest absolute Gasteiger partial charge is 0.377 e. The van der Waals surface area contributed by atoms with E-state index in [1.54, 1.807) is 6.20 Å². The van der Waals surface area contributed by atoms with Crippen LogP contribution in [-0.2, 0) is 22.4 Å². The highest BCUT2D eigenvalue weighted by molar-refractivity contribution is 5.78. The SMILES string of the molecule is CCOC(=O)C(F)(F)C1Cc2ccc(-c3ccccn3)cc2C1. The first-order valence-corrected chi connectivity index (χ1v) is 7.60. The van der Waals surface area contributed by atoms with Crippen molar-refractivity contribution in [3.05, 3.63) is 53.7 Å². The molecule has 2 aromatic rings. The zero-order valence-corrected chi connectivity index (χ0v) is 12.8. The molecule has 0 N–H and O–H groups in total. The number of aromatic nitrogens is 1. The van der Waals surface area contributed by atoms with Crippen molar-refractivity contribution in [2.45, 2.75) is 25.7 Å². The van der Waals surface area contributed by atoms with Crippen molar-refractivity contribution in [2.24, 2.45) is 5.92 Å². The average molecular weight is 317 g/mol. The van der Waals surface area contributed by atoms with Crippen molar-refractivity contribution in [3.8, 4) is 11.3 Å². The molecule has 5 heteroatoms. The summed E-state index contributed by atoms with van der Waals surface area (Å²) in [5, 5.41) is 0. The molecule has 1 aromatic heterocycles. The molecule has 1 unspecified atom stereocenters. The van der Waals surface area contributed by atoms with E-state index in [9.17, 15) is 13.6 Å². The molecule has 0 spiro atoms. The molecule has 3 nitrogen and oxygen atoms in total. The molecule has 0 saturated heterocycles. The molecule has 23 heavy (non-hydrogen) atoms. The van der Waals surface area contributed by atoms with E-state index in [1.807, 2.05) is 36.4 Å². The number of carbonyl (C=O) groups is 1. The molecule has 0 radical (unpaired) electrons. The summed E-state index contributed by atoms with van der Waals surface area (Å²) in [5.74, 6) is -5.93. The van der Waals surface area contributed by atoms with Gasteiger partial charge in [0, 0.05) is 17.7 Å². The topological polar surface area (TPSA) is 39.2 Å². The van der Waals surface area contributed by atoms with E-state index in [2.05, 4.69) is 9.72 Å². The minimum atomic E-state index is -3.46. The predicted molar refractivity (Wildman–Crippen MR) is 82.2 cm³/mol. The summed E-state index contributed by atoms with van der Waals surface area (Å²) in [7, 11) is 0. The largest absolute Gasteiger partial charge is 0.462 e. The van der Waals surface area contributed by atoms with Gasteiger partial charge >= 0.3 is 11.9 Å². The second-order valence-electron chi connectivity index (χ2n) is 5.65. The molecule has 0 aliphatic heterocycles. The van der Waals surface area contributed by atoms with E-state index >= 15 is 0 Å². The Hall–Kier alpha value is -2.30. The van der Waals surface area contributed by atoms with Gasteiger partial charge in [0.2, 0.25) is 0 Å². The van der Waals surface area contributed by atoms with Crippen LogP contribution in [0.4, 0.5) is 8.78 Å². The molecule has 1 heterocycles. The number of nitrogens with zero attached hydrogens (tertiary/aromatic N) is 1. The average Bonchev–Trinajstić information content (AvgIpc) is 2.99. The molecule has 120 valence electrons. The number of carbonyl (C=O) groups excluding carboxylic acids is 1. The number of pyridine rings is 1. The predicted octanol–water partition coefficient (Wildman–Crippen LogP) is 3.66. The number of benzene rings is 1. The number of hydrogen-bond donors (Lipinski definition) is 0. The van der Waals surface area contributed by atoms with Gasteiger partial charge in [-0.15, -0.1) is 0 Å². The van der Waals surface area contributed by atoms with Gasteiger partial charge in [0.1, 0.15) is 0 Å². The molecule has 0 bridgehead atoms. The lowest BCUT2D eigenvalue weighted by atomic mass is 9.98. The Kier molecular flexibility index (Phi) is 4.11. The van der Waals surface area contributed by atoms with Gasteiger partial charge < -0.3 is 4.74 Å². The molecule has 1 aromatic carbocycles. The third-order valence-electron chi connectivity index (χ3n) is 4.16. The van der Waals surface area contributed by atoms with Crippen LogP contribution in [0.15, 0.2) is 42.6 Å². The fourth-order valence-electron chi connectivity index (χ4n) is 2.96. The number of fused-ring (bicyclic) bond motifs is 1. The van der Waals surface area contributed by atoms with E-state index in [0.29, 0.717) is 0 Å². The van der Waals surface area contributed by atoms with E-state index in [0.717, 1.165) is 22.4 Å². The van der Waals surface area contributed by atoms with Crippen molar-refractivity contribution >= 4 is 5.97 Å². The second kappa shape index (κ2) is 6.07. The van der Waals surface area contributed by atoms with E-state index in [1.165, 1.54) is 6.92 Å². The number of rotatable bonds is 4. The lowest BCUT2D eigenvalue weighted by molar-refractivity contribution is -0.179. The summed E-state index contributed by atoms with van der Waals surface area (Å²) in [6, 6.07) is 11.2. The van der Waals surface area contributed by atoms with Gasteiger partial charge in [-0.1, -0.05) is 18.2 Å². The van der Waals surface area contributed by atoms with Gasteiger partial charge in [0.05, 0.1) is 12.3 Å². The summed E-state index contributed by atoms with van der Waals surface area (Å²) < 4.78 is 32.9. The third kappa shape index (κ3) is 2.96. The Morgan fingerprint density at radius 3 is 2.74 bits per heavy atom. The highest BCUT2D eigenvalue weighted by Crippen LogP contribution is 2.39. The maximum Gasteiger partial charge on any atom is 0.377 e. The first-order chi connectivity index (χ1) is 11.0. The maximum absolute atomic E-state index is 14.2. The molecule has 3 rings (SSSR count). The summed E-state index contributed by atoms with van der Waals surface area (Å²) in [5.41, 5.74) is 3.40. The molecular formula is C18H17F2NO2. The Morgan fingerprint density at radius 1 is 1.26 bits per heavy atom. The quantitative estimate of drug-likeness (QED) is 0.808. The zero-order chi connectivity index (χ0) is 16.4. The molecule has 1 aliphatic rings. The fraction of sp³-hybridized carbons (Fsp3) is 0.333. The number of halogens is 2. The number of esters is 1. The maximum atomic E-state index is 14.2. The molecule has 1 aliphatic carbocycles. The lowest BCUT2D eigenvalue weighted by Gasteiger charge is -2.20. The minimum absolute atomic E-state index is 0.0437. The third-order valence-corrected chi connectivity index (χ3v) is 4.16. The molecule has 0 fully saturated rings. The Balaban J connectivity index is 1.83. The van der Waals surface area contributed by atoms with Gasteiger partial charge in [-0.25, -0.2) is 4.79 Å². The van der Waals surface area contributed by atoms with Crippen LogP contribution < -0.4 is 0 Å². The van der Waals surface area contributed by atoms with Gasteiger partial charge in [0.25, 0.3) is 0 Å². The molecular weight excluding hydrogens is 300 g/mol. The van der Waals surface area contributed by atoms with Crippen LogP contribution in [0.5, 0.6) is 0 Å². The Labute approximate surface area is 133 Å². The lowest BCUT2D eigenvalue weighted by Crippen LogP contribution is -2.39. The van der Waals surface area contributed by atoms with Crippen LogP contribution >= 0.6 is 0 Å². The van der Waals surface area contributed by atoms with Gasteiger partial charge in [-0.3, -0.25) is 4.98 Å². The van der Waals surface area contributed by atoms with Crippen LogP contribution in [-0.4, -0.2) is 23.5 Å². The molecule has 1 atom stereocenters. The molecule has 0 saturated carbocycles. The van der Waals surface area contributed by atoms with Crippen LogP contribution in [0.2, 0.25) is 0 Å². The Morgan fingerprint density at radius 2 is 2.04 bits per heavy atom. The first-order valence-electron chi connectivity index (χ1n) is 7.60. The normalized spacial score (nSPS) is 16.9. The Bertz CT molecular complexity index is 716. The number of alkyl halides is 2. The summed E-state index contributed by atoms with van der Waals surface area (Å²) in [6.45, 7) is 1.48. The van der Waals surface area contributed by atoms with Crippen molar-refractivity contribution in [1.82, 2.24) is 4.98 Å². The number of ether oxygens (including phenoxy) is 1. The van der Waals surface area contributed by atoms with E-state index in [-0.39, 0.29) is 19.4 Å². The highest BCUT2D eigenvalue weighted by atomic mass is 19.3. The monoisotopic (exact) mass is 317 g/mol. The van der Waals surface area contributed by atoms with Crippen molar-refractivity contribution in [3.63, 3.8) is 0 Å². The van der Waals surface area contributed by atoms with E-state index in [4.69, 9.17) is 0 Å². The fourth-order valence-corrected chi connectivity index (χ4v) is 2.96. The summed E-state index contributed by atoms with van der Waals surface area (Å²) in [4.78, 5) is 15.8. The van der Waals surface area contributed by atoms with Crippen LogP contribution in [0.3, 0.4) is 0 Å². The second-order valence-corrected chi connectivity index (χ2v) is 5.65. The van der Waals surface area contributed by atoms with Crippen molar-refractivity contribution in [2.75, 3.05) is 6.61 Å². The standard InChI is InChI=1S/C18H17F2NO2/c1-2-23-17(22)18(19,20)15-10-12-6-7-13(9-14(12)11-15)16-5-3-4-8-21-16/h3-9,15H,2,10-11H2,1H3. The first kappa shape index (κ1) is 15.6. The van der Waals surface area contributed by atoms with Gasteiger partial charge in [-0.05, 0) is 49.1 Å². The zero-order valence-electron chi connectivity index (χ0n) is 12.8. The van der Waals surface area contributed by atoms with Crippen LogP contribution in [0.25, 0.3) is 11.3 Å².